The van der Waals surface area contributed by atoms with Gasteiger partial charge in [-0.15, -0.1) is 11.3 Å². The van der Waals surface area contributed by atoms with Crippen molar-refractivity contribution in [2.75, 3.05) is 0 Å². The fourth-order valence-electron chi connectivity index (χ4n) is 1.77. The van der Waals surface area contributed by atoms with E-state index in [2.05, 4.69) is 10.9 Å². The molecule has 0 atom stereocenters. The molecule has 2 amide bonds. The van der Waals surface area contributed by atoms with E-state index >= 15 is 0 Å². The zero-order chi connectivity index (χ0) is 15.1. The third-order valence-corrected chi connectivity index (χ3v) is 3.98. The summed E-state index contributed by atoms with van der Waals surface area (Å²) >= 11 is 7.48. The number of rotatable bonds is 5. The van der Waals surface area contributed by atoms with Crippen LogP contribution in [-0.2, 0) is 11.2 Å². The van der Waals surface area contributed by atoms with E-state index in [1.54, 1.807) is 35.6 Å². The fourth-order valence-corrected chi connectivity index (χ4v) is 2.71. The molecule has 1 aromatic carbocycles. The van der Waals surface area contributed by atoms with Crippen LogP contribution < -0.4 is 10.9 Å². The molecule has 6 heteroatoms. The molecule has 0 aliphatic carbocycles. The molecular formula is C15H15ClN2O2S. The maximum atomic E-state index is 11.8. The van der Waals surface area contributed by atoms with Gasteiger partial charge in [0.15, 0.2) is 0 Å². The molecule has 0 unspecified atom stereocenters. The summed E-state index contributed by atoms with van der Waals surface area (Å²) in [5, 5.41) is 2.49. The van der Waals surface area contributed by atoms with Crippen molar-refractivity contribution >= 4 is 34.8 Å². The molecule has 110 valence electrons. The topological polar surface area (TPSA) is 58.2 Å². The quantitative estimate of drug-likeness (QED) is 0.831. The number of carbonyl (C=O) groups excluding carboxylic acids is 2. The molecule has 0 saturated heterocycles. The normalized spacial score (nSPS) is 10.1. The van der Waals surface area contributed by atoms with Crippen molar-refractivity contribution in [1.82, 2.24) is 10.9 Å². The number of halogens is 1. The van der Waals surface area contributed by atoms with Crippen molar-refractivity contribution in [1.29, 1.82) is 0 Å². The zero-order valence-corrected chi connectivity index (χ0v) is 12.8. The number of hydrogen-bond acceptors (Lipinski definition) is 3. The van der Waals surface area contributed by atoms with Gasteiger partial charge in [-0.3, -0.25) is 20.4 Å². The SMILES string of the molecule is O=C(CCCc1cccs1)NNC(=O)c1cccc(Cl)c1. The number of thiophene rings is 1. The van der Waals surface area contributed by atoms with Crippen molar-refractivity contribution in [2.45, 2.75) is 19.3 Å². The standard InChI is InChI=1S/C15H15ClN2O2S/c16-12-5-1-4-11(10-12)15(20)18-17-14(19)8-2-6-13-7-3-9-21-13/h1,3-5,7,9-10H,2,6,8H2,(H,17,19)(H,18,20). The Bertz CT molecular complexity index is 614. The van der Waals surface area contributed by atoms with E-state index in [1.807, 2.05) is 17.5 Å². The Hall–Kier alpha value is -1.85. The predicted molar refractivity (Wildman–Crippen MR) is 84.3 cm³/mol. The molecule has 0 aliphatic heterocycles. The Balaban J connectivity index is 1.70. The summed E-state index contributed by atoms with van der Waals surface area (Å²) in [7, 11) is 0. The summed E-state index contributed by atoms with van der Waals surface area (Å²) in [5.74, 6) is -0.592. The molecule has 1 heterocycles. The molecule has 2 rings (SSSR count). The molecule has 0 radical (unpaired) electrons. The number of benzene rings is 1. The Morgan fingerprint density at radius 2 is 2.00 bits per heavy atom. The molecule has 2 N–H and O–H groups in total. The van der Waals surface area contributed by atoms with Gasteiger partial charge in [-0.25, -0.2) is 0 Å². The van der Waals surface area contributed by atoms with Crippen molar-refractivity contribution < 1.29 is 9.59 Å². The Labute approximate surface area is 132 Å². The molecular weight excluding hydrogens is 308 g/mol. The highest BCUT2D eigenvalue weighted by Crippen LogP contribution is 2.12. The van der Waals surface area contributed by atoms with Gasteiger partial charge in [0.1, 0.15) is 0 Å². The lowest BCUT2D eigenvalue weighted by molar-refractivity contribution is -0.121. The van der Waals surface area contributed by atoms with Gasteiger partial charge < -0.3 is 0 Å². The van der Waals surface area contributed by atoms with E-state index in [-0.39, 0.29) is 11.8 Å². The lowest BCUT2D eigenvalue weighted by Gasteiger charge is -2.07. The minimum atomic E-state index is -0.385. The summed E-state index contributed by atoms with van der Waals surface area (Å²) in [6.07, 6.45) is 1.99. The minimum Gasteiger partial charge on any atom is -0.273 e. The Morgan fingerprint density at radius 1 is 1.14 bits per heavy atom. The molecule has 0 spiro atoms. The molecule has 0 saturated carbocycles. The van der Waals surface area contributed by atoms with Crippen LogP contribution in [0, 0.1) is 0 Å². The summed E-state index contributed by atoms with van der Waals surface area (Å²) in [6.45, 7) is 0. The number of nitrogens with one attached hydrogen (secondary N) is 2. The largest absolute Gasteiger partial charge is 0.273 e. The summed E-state index contributed by atoms with van der Waals surface area (Å²) < 4.78 is 0. The number of hydrazine groups is 1. The van der Waals surface area contributed by atoms with E-state index in [0.29, 0.717) is 17.0 Å². The maximum Gasteiger partial charge on any atom is 0.269 e. The van der Waals surface area contributed by atoms with Crippen LogP contribution in [0.25, 0.3) is 0 Å². The van der Waals surface area contributed by atoms with Crippen LogP contribution in [-0.4, -0.2) is 11.8 Å². The van der Waals surface area contributed by atoms with Gasteiger partial charge >= 0.3 is 0 Å². The molecule has 0 fully saturated rings. The first-order valence-corrected chi connectivity index (χ1v) is 7.78. The lowest BCUT2D eigenvalue weighted by Crippen LogP contribution is -2.41. The number of amides is 2. The molecule has 4 nitrogen and oxygen atoms in total. The van der Waals surface area contributed by atoms with E-state index < -0.39 is 0 Å². The van der Waals surface area contributed by atoms with Gasteiger partial charge in [0.2, 0.25) is 5.91 Å². The van der Waals surface area contributed by atoms with E-state index in [0.717, 1.165) is 12.8 Å². The van der Waals surface area contributed by atoms with Crippen LogP contribution in [0.2, 0.25) is 5.02 Å². The Morgan fingerprint density at radius 3 is 2.71 bits per heavy atom. The highest BCUT2D eigenvalue weighted by molar-refractivity contribution is 7.09. The summed E-state index contributed by atoms with van der Waals surface area (Å²) in [5.41, 5.74) is 5.18. The highest BCUT2D eigenvalue weighted by atomic mass is 35.5. The van der Waals surface area contributed by atoms with Crippen LogP contribution >= 0.6 is 22.9 Å². The van der Waals surface area contributed by atoms with Gasteiger partial charge in [-0.2, -0.15) is 0 Å². The number of hydrogen-bond donors (Lipinski definition) is 2. The van der Waals surface area contributed by atoms with Gasteiger partial charge in [-0.05, 0) is 42.5 Å². The van der Waals surface area contributed by atoms with Crippen LogP contribution in [0.5, 0.6) is 0 Å². The van der Waals surface area contributed by atoms with Gasteiger partial charge in [0.25, 0.3) is 5.91 Å². The van der Waals surface area contributed by atoms with Gasteiger partial charge in [-0.1, -0.05) is 23.7 Å². The second kappa shape index (κ2) is 7.81. The van der Waals surface area contributed by atoms with Crippen LogP contribution in [0.1, 0.15) is 28.1 Å². The van der Waals surface area contributed by atoms with Crippen LogP contribution in [0.4, 0.5) is 0 Å². The van der Waals surface area contributed by atoms with E-state index in [4.69, 9.17) is 11.6 Å². The van der Waals surface area contributed by atoms with Crippen LogP contribution in [0.3, 0.4) is 0 Å². The van der Waals surface area contributed by atoms with E-state index in [1.165, 1.54) is 4.88 Å². The third kappa shape index (κ3) is 5.21. The third-order valence-electron chi connectivity index (χ3n) is 2.81. The maximum absolute atomic E-state index is 11.8. The Kier molecular flexibility index (Phi) is 5.78. The number of carbonyl (C=O) groups is 2. The molecule has 21 heavy (non-hydrogen) atoms. The second-order valence-electron chi connectivity index (χ2n) is 4.45. The zero-order valence-electron chi connectivity index (χ0n) is 11.3. The lowest BCUT2D eigenvalue weighted by atomic mass is 10.2. The smallest absolute Gasteiger partial charge is 0.269 e. The average Bonchev–Trinajstić information content (AvgIpc) is 2.98. The molecule has 0 aliphatic rings. The predicted octanol–water partition coefficient (Wildman–Crippen LogP) is 3.19. The first-order chi connectivity index (χ1) is 10.1. The minimum absolute atomic E-state index is 0.207. The molecule has 2 aromatic rings. The molecule has 1 aromatic heterocycles. The van der Waals surface area contributed by atoms with Crippen molar-refractivity contribution in [3.63, 3.8) is 0 Å². The summed E-state index contributed by atoms with van der Waals surface area (Å²) in [4.78, 5) is 24.7. The number of aryl methyl sites for hydroxylation is 1. The second-order valence-corrected chi connectivity index (χ2v) is 5.91. The highest BCUT2D eigenvalue weighted by Gasteiger charge is 2.07. The monoisotopic (exact) mass is 322 g/mol. The van der Waals surface area contributed by atoms with Crippen molar-refractivity contribution in [2.24, 2.45) is 0 Å². The average molecular weight is 323 g/mol. The van der Waals surface area contributed by atoms with Gasteiger partial charge in [0, 0.05) is 21.9 Å². The summed E-state index contributed by atoms with van der Waals surface area (Å²) in [6, 6.07) is 10.6. The van der Waals surface area contributed by atoms with Gasteiger partial charge in [0.05, 0.1) is 0 Å². The first kappa shape index (κ1) is 15.5. The van der Waals surface area contributed by atoms with E-state index in [9.17, 15) is 9.59 Å². The molecule has 0 bridgehead atoms. The van der Waals surface area contributed by atoms with Crippen LogP contribution in [0.15, 0.2) is 41.8 Å². The van der Waals surface area contributed by atoms with Crippen molar-refractivity contribution in [3.05, 3.63) is 57.2 Å². The first-order valence-electron chi connectivity index (χ1n) is 6.52. The van der Waals surface area contributed by atoms with Crippen molar-refractivity contribution in [3.8, 4) is 0 Å². The fraction of sp³-hybridized carbons (Fsp3) is 0.200.